The molecule has 0 aliphatic carbocycles. The van der Waals surface area contributed by atoms with E-state index in [-0.39, 0.29) is 5.92 Å². The fourth-order valence-corrected chi connectivity index (χ4v) is 2.73. The first-order valence-corrected chi connectivity index (χ1v) is 7.41. The van der Waals surface area contributed by atoms with Gasteiger partial charge < -0.3 is 24.0 Å². The number of anilines is 1. The third-order valence-corrected chi connectivity index (χ3v) is 3.92. The zero-order valence-corrected chi connectivity index (χ0v) is 13.4. The Morgan fingerprint density at radius 3 is 2.48 bits per heavy atom. The number of methoxy groups -OCH3 is 2. The van der Waals surface area contributed by atoms with E-state index in [9.17, 15) is 5.11 Å². The summed E-state index contributed by atoms with van der Waals surface area (Å²) in [6, 6.07) is 3.51. The quantitative estimate of drug-likeness (QED) is 0.866. The van der Waals surface area contributed by atoms with Gasteiger partial charge in [-0.1, -0.05) is 5.16 Å². The van der Waals surface area contributed by atoms with E-state index in [4.69, 9.17) is 14.0 Å². The van der Waals surface area contributed by atoms with Crippen LogP contribution in [0.1, 0.15) is 11.5 Å². The monoisotopic (exact) mass is 320 g/mol. The van der Waals surface area contributed by atoms with E-state index >= 15 is 0 Å². The van der Waals surface area contributed by atoms with E-state index < -0.39 is 6.10 Å². The molecule has 0 amide bonds. The van der Waals surface area contributed by atoms with Crippen molar-refractivity contribution in [3.8, 4) is 11.8 Å². The Kier molecular flexibility index (Phi) is 4.33. The fraction of sp³-hybridized carbons (Fsp3) is 0.533. The lowest BCUT2D eigenvalue weighted by Gasteiger charge is -2.17. The van der Waals surface area contributed by atoms with Crippen LogP contribution in [0.3, 0.4) is 0 Å². The summed E-state index contributed by atoms with van der Waals surface area (Å²) in [4.78, 5) is 10.6. The van der Waals surface area contributed by atoms with Crippen molar-refractivity contribution in [1.82, 2.24) is 15.1 Å². The van der Waals surface area contributed by atoms with Crippen LogP contribution in [-0.4, -0.2) is 53.6 Å². The molecular weight excluding hydrogens is 300 g/mol. The first kappa shape index (κ1) is 15.5. The molecule has 2 aromatic heterocycles. The predicted octanol–water partition coefficient (Wildman–Crippen LogP) is 0.830. The predicted molar refractivity (Wildman–Crippen MR) is 81.8 cm³/mol. The molecule has 2 atom stereocenters. The van der Waals surface area contributed by atoms with Gasteiger partial charge in [0.25, 0.3) is 0 Å². The second-order valence-electron chi connectivity index (χ2n) is 5.62. The van der Waals surface area contributed by atoms with E-state index in [1.807, 2.05) is 17.9 Å². The Morgan fingerprint density at radius 2 is 1.91 bits per heavy atom. The van der Waals surface area contributed by atoms with Crippen LogP contribution in [0.4, 0.5) is 5.95 Å². The molecule has 0 unspecified atom stereocenters. The first-order valence-electron chi connectivity index (χ1n) is 7.41. The Labute approximate surface area is 134 Å². The molecule has 1 aliphatic rings. The summed E-state index contributed by atoms with van der Waals surface area (Å²) >= 11 is 0. The molecule has 0 radical (unpaired) electrons. The van der Waals surface area contributed by atoms with Crippen LogP contribution >= 0.6 is 0 Å². The van der Waals surface area contributed by atoms with Crippen LogP contribution in [0.2, 0.25) is 0 Å². The second-order valence-corrected chi connectivity index (χ2v) is 5.62. The minimum absolute atomic E-state index is 0.0307. The Hall–Kier alpha value is -2.35. The zero-order chi connectivity index (χ0) is 16.4. The topological polar surface area (TPSA) is 93.7 Å². The first-order chi connectivity index (χ1) is 11.1. The van der Waals surface area contributed by atoms with Crippen molar-refractivity contribution in [3.05, 3.63) is 23.6 Å². The molecular formula is C15H20N4O4. The van der Waals surface area contributed by atoms with Crippen LogP contribution in [0.5, 0.6) is 11.8 Å². The molecule has 124 valence electrons. The third-order valence-electron chi connectivity index (χ3n) is 3.92. The largest absolute Gasteiger partial charge is 0.481 e. The van der Waals surface area contributed by atoms with Gasteiger partial charge in [0.1, 0.15) is 5.76 Å². The molecule has 0 saturated carbocycles. The standard InChI is InChI=1S/C15H20N4O4/c1-9-4-11(23-18-9)5-10-7-19(8-12(10)20)15-16-13(21-2)6-14(17-15)22-3/h4,6,10,12,20H,5,7-8H2,1-3H3/t10-,12+/m1/s1. The summed E-state index contributed by atoms with van der Waals surface area (Å²) in [5, 5.41) is 14.2. The maximum atomic E-state index is 10.3. The van der Waals surface area contributed by atoms with Gasteiger partial charge in [-0.2, -0.15) is 9.97 Å². The lowest BCUT2D eigenvalue weighted by molar-refractivity contribution is 0.143. The van der Waals surface area contributed by atoms with E-state index in [0.29, 0.717) is 37.2 Å². The van der Waals surface area contributed by atoms with Gasteiger partial charge in [0.05, 0.1) is 32.1 Å². The van der Waals surface area contributed by atoms with Crippen LogP contribution < -0.4 is 14.4 Å². The molecule has 0 aromatic carbocycles. The molecule has 0 spiro atoms. The number of nitrogens with zero attached hydrogens (tertiary/aromatic N) is 4. The van der Waals surface area contributed by atoms with Crippen molar-refractivity contribution in [2.75, 3.05) is 32.2 Å². The third kappa shape index (κ3) is 3.37. The molecule has 2 aromatic rings. The van der Waals surface area contributed by atoms with Crippen molar-refractivity contribution in [2.45, 2.75) is 19.4 Å². The lowest BCUT2D eigenvalue weighted by atomic mass is 10.0. The number of rotatable bonds is 5. The van der Waals surface area contributed by atoms with E-state index in [1.54, 1.807) is 20.3 Å². The number of ether oxygens (including phenoxy) is 2. The Bertz CT molecular complexity index is 653. The van der Waals surface area contributed by atoms with Crippen molar-refractivity contribution in [3.63, 3.8) is 0 Å². The zero-order valence-electron chi connectivity index (χ0n) is 13.4. The molecule has 8 heteroatoms. The van der Waals surface area contributed by atoms with Crippen LogP contribution in [0, 0.1) is 12.8 Å². The second kappa shape index (κ2) is 6.41. The number of β-amino-alcohol motifs (C(OH)–C–C–N with tert-alkyl or cyclic N) is 1. The highest BCUT2D eigenvalue weighted by Gasteiger charge is 2.34. The molecule has 3 heterocycles. The molecule has 0 bridgehead atoms. The van der Waals surface area contributed by atoms with Gasteiger partial charge in [0, 0.05) is 31.5 Å². The minimum atomic E-state index is -0.485. The summed E-state index contributed by atoms with van der Waals surface area (Å²) < 4.78 is 15.6. The molecule has 23 heavy (non-hydrogen) atoms. The van der Waals surface area contributed by atoms with E-state index in [0.717, 1.165) is 11.5 Å². The van der Waals surface area contributed by atoms with Crippen LogP contribution in [0.15, 0.2) is 16.7 Å². The van der Waals surface area contributed by atoms with E-state index in [1.165, 1.54) is 0 Å². The van der Waals surface area contributed by atoms with Crippen molar-refractivity contribution < 1.29 is 19.1 Å². The average Bonchev–Trinajstić information content (AvgIpc) is 3.13. The number of aliphatic hydroxyl groups excluding tert-OH is 1. The molecule has 1 saturated heterocycles. The number of hydrogen-bond acceptors (Lipinski definition) is 8. The fourth-order valence-electron chi connectivity index (χ4n) is 2.73. The normalized spacial score (nSPS) is 20.8. The van der Waals surface area contributed by atoms with Crippen molar-refractivity contribution in [1.29, 1.82) is 0 Å². The SMILES string of the molecule is COc1cc(OC)nc(N2C[C@@H](Cc3cc(C)no3)[C@@H](O)C2)n1. The molecule has 1 fully saturated rings. The summed E-state index contributed by atoms with van der Waals surface area (Å²) in [6.07, 6.45) is 0.140. The summed E-state index contributed by atoms with van der Waals surface area (Å²) in [6.45, 7) is 2.95. The molecule has 8 nitrogen and oxygen atoms in total. The summed E-state index contributed by atoms with van der Waals surface area (Å²) in [5.74, 6) is 2.14. The van der Waals surface area contributed by atoms with Crippen molar-refractivity contribution in [2.24, 2.45) is 5.92 Å². The van der Waals surface area contributed by atoms with Crippen LogP contribution in [0.25, 0.3) is 0 Å². The highest BCUT2D eigenvalue weighted by atomic mass is 16.5. The molecule has 1 N–H and O–H groups in total. The Balaban J connectivity index is 1.75. The maximum absolute atomic E-state index is 10.3. The summed E-state index contributed by atoms with van der Waals surface area (Å²) in [7, 11) is 3.08. The van der Waals surface area contributed by atoms with Crippen molar-refractivity contribution >= 4 is 5.95 Å². The minimum Gasteiger partial charge on any atom is -0.481 e. The van der Waals surface area contributed by atoms with Gasteiger partial charge in [0.15, 0.2) is 0 Å². The highest BCUT2D eigenvalue weighted by molar-refractivity contribution is 5.38. The Morgan fingerprint density at radius 1 is 1.22 bits per heavy atom. The van der Waals surface area contributed by atoms with Gasteiger partial charge in [0.2, 0.25) is 17.7 Å². The van der Waals surface area contributed by atoms with Gasteiger partial charge in [-0.25, -0.2) is 0 Å². The number of aliphatic hydroxyl groups is 1. The van der Waals surface area contributed by atoms with Gasteiger partial charge >= 0.3 is 0 Å². The van der Waals surface area contributed by atoms with Gasteiger partial charge in [-0.05, 0) is 6.92 Å². The smallest absolute Gasteiger partial charge is 0.232 e. The highest BCUT2D eigenvalue weighted by Crippen LogP contribution is 2.27. The molecule has 1 aliphatic heterocycles. The van der Waals surface area contributed by atoms with Crippen LogP contribution in [-0.2, 0) is 6.42 Å². The maximum Gasteiger partial charge on any atom is 0.232 e. The van der Waals surface area contributed by atoms with Gasteiger partial charge in [-0.15, -0.1) is 0 Å². The average molecular weight is 320 g/mol. The number of hydrogen-bond donors (Lipinski definition) is 1. The molecule has 3 rings (SSSR count). The lowest BCUT2D eigenvalue weighted by Crippen LogP contribution is -2.23. The number of aryl methyl sites for hydroxylation is 1. The van der Waals surface area contributed by atoms with E-state index in [2.05, 4.69) is 15.1 Å². The summed E-state index contributed by atoms with van der Waals surface area (Å²) in [5.41, 5.74) is 0.838. The van der Waals surface area contributed by atoms with Gasteiger partial charge in [-0.3, -0.25) is 0 Å². The number of aromatic nitrogens is 3.